The third-order valence-corrected chi connectivity index (χ3v) is 3.78. The van der Waals surface area contributed by atoms with E-state index in [1.807, 2.05) is 0 Å². The van der Waals surface area contributed by atoms with Gasteiger partial charge in [0.1, 0.15) is 6.04 Å². The maximum atomic E-state index is 12.3. The van der Waals surface area contributed by atoms with Gasteiger partial charge < -0.3 is 19.6 Å². The molecule has 2 rings (SSSR count). The smallest absolute Gasteiger partial charge is 0.326 e. The molecule has 2 heterocycles. The molecule has 0 aromatic heterocycles. The molecule has 2 atom stereocenters. The molecule has 0 bridgehead atoms. The molecule has 6 heteroatoms. The van der Waals surface area contributed by atoms with Crippen LogP contribution in [-0.2, 0) is 9.53 Å². The highest BCUT2D eigenvalue weighted by molar-refractivity contribution is 5.83. The Labute approximate surface area is 106 Å². The Morgan fingerprint density at radius 2 is 2.00 bits per heavy atom. The summed E-state index contributed by atoms with van der Waals surface area (Å²) in [5.74, 6) is -0.898. The molecule has 2 unspecified atom stereocenters. The SMILES string of the molecule is COC1CCN(C(=O)N2CCCCC2C(=O)O)C1. The van der Waals surface area contributed by atoms with E-state index in [2.05, 4.69) is 0 Å². The molecule has 102 valence electrons. The van der Waals surface area contributed by atoms with Gasteiger partial charge in [-0.3, -0.25) is 0 Å². The molecule has 0 spiro atoms. The van der Waals surface area contributed by atoms with Gasteiger partial charge in [0.2, 0.25) is 0 Å². The van der Waals surface area contributed by atoms with E-state index in [4.69, 9.17) is 9.84 Å². The highest BCUT2D eigenvalue weighted by Gasteiger charge is 2.36. The summed E-state index contributed by atoms with van der Waals surface area (Å²) in [4.78, 5) is 26.7. The van der Waals surface area contributed by atoms with Crippen molar-refractivity contribution in [1.29, 1.82) is 0 Å². The number of aliphatic carboxylic acids is 1. The number of nitrogens with zero attached hydrogens (tertiary/aromatic N) is 2. The first-order chi connectivity index (χ1) is 8.63. The van der Waals surface area contributed by atoms with Crippen LogP contribution < -0.4 is 0 Å². The van der Waals surface area contributed by atoms with E-state index >= 15 is 0 Å². The van der Waals surface area contributed by atoms with Crippen molar-refractivity contribution in [3.05, 3.63) is 0 Å². The van der Waals surface area contributed by atoms with Crippen molar-refractivity contribution in [2.75, 3.05) is 26.7 Å². The maximum absolute atomic E-state index is 12.3. The van der Waals surface area contributed by atoms with Crippen LogP contribution in [0.25, 0.3) is 0 Å². The first-order valence-corrected chi connectivity index (χ1v) is 6.44. The molecule has 6 nitrogen and oxygen atoms in total. The number of rotatable bonds is 2. The summed E-state index contributed by atoms with van der Waals surface area (Å²) in [7, 11) is 1.64. The van der Waals surface area contributed by atoms with Crippen LogP contribution in [0, 0.1) is 0 Å². The average Bonchev–Trinajstić information content (AvgIpc) is 2.86. The lowest BCUT2D eigenvalue weighted by atomic mass is 10.0. The first kappa shape index (κ1) is 13.1. The second-order valence-corrected chi connectivity index (χ2v) is 4.92. The lowest BCUT2D eigenvalue weighted by Gasteiger charge is -2.35. The monoisotopic (exact) mass is 256 g/mol. The van der Waals surface area contributed by atoms with Gasteiger partial charge >= 0.3 is 12.0 Å². The lowest BCUT2D eigenvalue weighted by molar-refractivity contribution is -0.143. The highest BCUT2D eigenvalue weighted by atomic mass is 16.5. The van der Waals surface area contributed by atoms with E-state index in [1.54, 1.807) is 12.0 Å². The Hall–Kier alpha value is -1.30. The number of methoxy groups -OCH3 is 1. The van der Waals surface area contributed by atoms with Crippen LogP contribution >= 0.6 is 0 Å². The van der Waals surface area contributed by atoms with E-state index < -0.39 is 12.0 Å². The number of likely N-dealkylation sites (tertiary alicyclic amines) is 2. The Balaban J connectivity index is 2.00. The normalized spacial score (nSPS) is 28.5. The fourth-order valence-corrected chi connectivity index (χ4v) is 2.69. The third-order valence-electron chi connectivity index (χ3n) is 3.78. The largest absolute Gasteiger partial charge is 0.480 e. The number of amides is 2. The lowest BCUT2D eigenvalue weighted by Crippen LogP contribution is -2.52. The van der Waals surface area contributed by atoms with Gasteiger partial charge in [0.05, 0.1) is 6.10 Å². The number of ether oxygens (including phenoxy) is 1. The van der Waals surface area contributed by atoms with Crippen molar-refractivity contribution in [3.8, 4) is 0 Å². The van der Waals surface area contributed by atoms with E-state index in [0.29, 0.717) is 26.1 Å². The summed E-state index contributed by atoms with van der Waals surface area (Å²) in [6, 6.07) is -0.811. The molecule has 2 aliphatic heterocycles. The molecule has 0 aromatic rings. The topological polar surface area (TPSA) is 70.1 Å². The van der Waals surface area contributed by atoms with Gasteiger partial charge in [0.15, 0.2) is 0 Å². The van der Waals surface area contributed by atoms with Gasteiger partial charge in [-0.15, -0.1) is 0 Å². The molecular weight excluding hydrogens is 236 g/mol. The van der Waals surface area contributed by atoms with E-state index in [0.717, 1.165) is 19.3 Å². The molecule has 2 aliphatic rings. The molecule has 2 fully saturated rings. The van der Waals surface area contributed by atoms with Gasteiger partial charge in [-0.05, 0) is 25.7 Å². The fourth-order valence-electron chi connectivity index (χ4n) is 2.69. The number of carboxylic acids is 1. The van der Waals surface area contributed by atoms with Crippen LogP contribution in [0.1, 0.15) is 25.7 Å². The fraction of sp³-hybridized carbons (Fsp3) is 0.833. The molecule has 0 saturated carbocycles. The first-order valence-electron chi connectivity index (χ1n) is 6.44. The van der Waals surface area contributed by atoms with Gasteiger partial charge in [0, 0.05) is 26.7 Å². The van der Waals surface area contributed by atoms with Crippen LogP contribution in [0.3, 0.4) is 0 Å². The van der Waals surface area contributed by atoms with Gasteiger partial charge in [-0.25, -0.2) is 9.59 Å². The highest BCUT2D eigenvalue weighted by Crippen LogP contribution is 2.21. The summed E-state index contributed by atoms with van der Waals surface area (Å²) in [5, 5.41) is 9.16. The minimum absolute atomic E-state index is 0.0852. The number of carbonyl (C=O) groups is 2. The van der Waals surface area contributed by atoms with Crippen molar-refractivity contribution in [1.82, 2.24) is 9.80 Å². The molecule has 1 N–H and O–H groups in total. The summed E-state index contributed by atoms with van der Waals surface area (Å²) in [5.41, 5.74) is 0. The van der Waals surface area contributed by atoms with E-state index in [1.165, 1.54) is 4.90 Å². The average molecular weight is 256 g/mol. The zero-order valence-corrected chi connectivity index (χ0v) is 10.7. The van der Waals surface area contributed by atoms with Crippen LogP contribution in [0.15, 0.2) is 0 Å². The molecule has 2 amide bonds. The van der Waals surface area contributed by atoms with Crippen LogP contribution in [0.4, 0.5) is 4.79 Å². The second kappa shape index (κ2) is 5.56. The van der Waals surface area contributed by atoms with Crippen molar-refractivity contribution in [2.24, 2.45) is 0 Å². The zero-order chi connectivity index (χ0) is 13.1. The number of hydrogen-bond acceptors (Lipinski definition) is 3. The van der Waals surface area contributed by atoms with Crippen LogP contribution in [0.5, 0.6) is 0 Å². The Morgan fingerprint density at radius 1 is 1.22 bits per heavy atom. The standard InChI is InChI=1S/C12H20N2O4/c1-18-9-5-7-13(8-9)12(17)14-6-3-2-4-10(14)11(15)16/h9-10H,2-8H2,1H3,(H,15,16). The van der Waals surface area contributed by atoms with Crippen molar-refractivity contribution in [2.45, 2.75) is 37.8 Å². The van der Waals surface area contributed by atoms with Gasteiger partial charge in [-0.2, -0.15) is 0 Å². The van der Waals surface area contributed by atoms with Crippen LogP contribution in [0.2, 0.25) is 0 Å². The summed E-state index contributed by atoms with van der Waals surface area (Å²) >= 11 is 0. The third kappa shape index (κ3) is 2.58. The number of urea groups is 1. The number of carbonyl (C=O) groups excluding carboxylic acids is 1. The summed E-state index contributed by atoms with van der Waals surface area (Å²) < 4.78 is 5.22. The minimum Gasteiger partial charge on any atom is -0.480 e. The molecule has 18 heavy (non-hydrogen) atoms. The van der Waals surface area contributed by atoms with E-state index in [9.17, 15) is 9.59 Å². The van der Waals surface area contributed by atoms with Gasteiger partial charge in [0.25, 0.3) is 0 Å². The molecule has 0 aromatic carbocycles. The predicted octanol–water partition coefficient (Wildman–Crippen LogP) is 0.766. The molecule has 2 saturated heterocycles. The summed E-state index contributed by atoms with van der Waals surface area (Å²) in [6.45, 7) is 1.77. The van der Waals surface area contributed by atoms with Crippen molar-refractivity contribution >= 4 is 12.0 Å². The number of carboxylic acid groups (broad SMARTS) is 1. The Kier molecular flexibility index (Phi) is 4.06. The van der Waals surface area contributed by atoms with Crippen molar-refractivity contribution < 1.29 is 19.4 Å². The quantitative estimate of drug-likeness (QED) is 0.792. The predicted molar refractivity (Wildman–Crippen MR) is 64.4 cm³/mol. The second-order valence-electron chi connectivity index (χ2n) is 4.92. The van der Waals surface area contributed by atoms with E-state index in [-0.39, 0.29) is 12.1 Å². The number of piperidine rings is 1. The summed E-state index contributed by atoms with van der Waals surface area (Å²) in [6.07, 6.45) is 3.23. The van der Waals surface area contributed by atoms with Gasteiger partial charge in [-0.1, -0.05) is 0 Å². The number of hydrogen-bond donors (Lipinski definition) is 1. The molecule has 0 radical (unpaired) electrons. The Morgan fingerprint density at radius 3 is 2.61 bits per heavy atom. The minimum atomic E-state index is -0.898. The Bertz CT molecular complexity index is 334. The molecule has 0 aliphatic carbocycles. The van der Waals surface area contributed by atoms with Crippen molar-refractivity contribution in [3.63, 3.8) is 0 Å². The zero-order valence-electron chi connectivity index (χ0n) is 10.7. The maximum Gasteiger partial charge on any atom is 0.326 e. The molecular formula is C12H20N2O4. The van der Waals surface area contributed by atoms with Crippen LogP contribution in [-0.4, -0.2) is 65.8 Å².